The van der Waals surface area contributed by atoms with Crippen LogP contribution in [0.1, 0.15) is 47.9 Å². The highest BCUT2D eigenvalue weighted by atomic mass is 32.1. The molecule has 0 aliphatic heterocycles. The van der Waals surface area contributed by atoms with Crippen LogP contribution in [-0.4, -0.2) is 25.7 Å². The maximum absolute atomic E-state index is 12.2. The lowest BCUT2D eigenvalue weighted by Crippen LogP contribution is -2.07. The summed E-state index contributed by atoms with van der Waals surface area (Å²) in [6, 6.07) is 1.98. The number of thiazole rings is 1. The molecule has 0 spiro atoms. The van der Waals surface area contributed by atoms with Gasteiger partial charge in [0.05, 0.1) is 22.5 Å². The van der Waals surface area contributed by atoms with Crippen LogP contribution in [0.2, 0.25) is 0 Å². The van der Waals surface area contributed by atoms with Gasteiger partial charge in [-0.05, 0) is 26.3 Å². The molecule has 0 amide bonds. The minimum atomic E-state index is -0.400. The first-order valence-electron chi connectivity index (χ1n) is 7.52. The Labute approximate surface area is 138 Å². The zero-order valence-corrected chi connectivity index (χ0v) is 14.1. The number of carbonyl (C=O) groups is 1. The quantitative estimate of drug-likeness (QED) is 0.671. The lowest BCUT2D eigenvalue weighted by molar-refractivity contribution is 0.0468. The van der Waals surface area contributed by atoms with Gasteiger partial charge in [0.1, 0.15) is 6.61 Å². The molecular weight excluding hydrogens is 312 g/mol. The maximum atomic E-state index is 12.2. The van der Waals surface area contributed by atoms with Crippen molar-refractivity contribution in [2.75, 3.05) is 0 Å². The second kappa shape index (κ2) is 6.45. The van der Waals surface area contributed by atoms with E-state index in [-0.39, 0.29) is 12.6 Å². The molecular formula is C16H18N4O2S. The molecule has 0 bridgehead atoms. The maximum Gasteiger partial charge on any atom is 0.340 e. The summed E-state index contributed by atoms with van der Waals surface area (Å²) in [5.74, 6) is -0.400. The molecule has 0 radical (unpaired) electrons. The first-order valence-corrected chi connectivity index (χ1v) is 8.40. The van der Waals surface area contributed by atoms with Crippen molar-refractivity contribution in [3.8, 4) is 0 Å². The second-order valence-corrected chi connectivity index (χ2v) is 6.42. The second-order valence-electron chi connectivity index (χ2n) is 5.48. The van der Waals surface area contributed by atoms with Gasteiger partial charge in [0.25, 0.3) is 0 Å². The standard InChI is InChI=1S/C16H18N4O2S/c1-4-14-19-13(9-23-14)8-22-16(21)12-5-11-7-18-20(10(2)3)15(11)17-6-12/h5-7,9-10H,4,8H2,1-3H3. The Morgan fingerprint density at radius 1 is 1.39 bits per heavy atom. The summed E-state index contributed by atoms with van der Waals surface area (Å²) in [5, 5.41) is 8.08. The third-order valence-corrected chi connectivity index (χ3v) is 4.45. The normalized spacial score (nSPS) is 11.3. The fourth-order valence-electron chi connectivity index (χ4n) is 2.23. The summed E-state index contributed by atoms with van der Waals surface area (Å²) in [5.41, 5.74) is 1.97. The summed E-state index contributed by atoms with van der Waals surface area (Å²) in [6.45, 7) is 6.30. The number of fused-ring (bicyclic) bond motifs is 1. The molecule has 0 saturated carbocycles. The van der Waals surface area contributed by atoms with E-state index in [1.165, 1.54) is 6.20 Å². The highest BCUT2D eigenvalue weighted by molar-refractivity contribution is 7.09. The number of carbonyl (C=O) groups excluding carboxylic acids is 1. The SMILES string of the molecule is CCc1nc(COC(=O)c2cnc3c(cnn3C(C)C)c2)cs1. The number of hydrogen-bond acceptors (Lipinski definition) is 6. The predicted molar refractivity (Wildman–Crippen MR) is 88.5 cm³/mol. The zero-order valence-electron chi connectivity index (χ0n) is 13.3. The van der Waals surface area contributed by atoms with E-state index < -0.39 is 5.97 Å². The average molecular weight is 330 g/mol. The number of hydrogen-bond donors (Lipinski definition) is 0. The van der Waals surface area contributed by atoms with E-state index in [9.17, 15) is 4.79 Å². The van der Waals surface area contributed by atoms with E-state index >= 15 is 0 Å². The monoisotopic (exact) mass is 330 g/mol. The highest BCUT2D eigenvalue weighted by Crippen LogP contribution is 2.18. The fraction of sp³-hybridized carbons (Fsp3) is 0.375. The molecule has 0 fully saturated rings. The molecule has 120 valence electrons. The predicted octanol–water partition coefficient (Wildman–Crippen LogP) is 3.39. The Balaban J connectivity index is 1.73. The lowest BCUT2D eigenvalue weighted by atomic mass is 10.2. The van der Waals surface area contributed by atoms with Crippen LogP contribution in [0, 0.1) is 0 Å². The summed E-state index contributed by atoms with van der Waals surface area (Å²) >= 11 is 1.58. The number of rotatable bonds is 5. The molecule has 0 unspecified atom stereocenters. The molecule has 3 rings (SSSR count). The van der Waals surface area contributed by atoms with E-state index in [2.05, 4.69) is 15.1 Å². The molecule has 3 heterocycles. The average Bonchev–Trinajstić information content (AvgIpc) is 3.18. The van der Waals surface area contributed by atoms with Crippen LogP contribution in [0.3, 0.4) is 0 Å². The van der Waals surface area contributed by atoms with Crippen molar-refractivity contribution in [3.63, 3.8) is 0 Å². The summed E-state index contributed by atoms with van der Waals surface area (Å²) < 4.78 is 7.14. The fourth-order valence-corrected chi connectivity index (χ4v) is 2.96. The van der Waals surface area contributed by atoms with Crippen LogP contribution in [0.4, 0.5) is 0 Å². The molecule has 0 saturated heterocycles. The van der Waals surface area contributed by atoms with Gasteiger partial charge in [-0.1, -0.05) is 6.92 Å². The van der Waals surface area contributed by atoms with Gasteiger partial charge < -0.3 is 4.74 Å². The number of ether oxygens (including phenoxy) is 1. The Morgan fingerprint density at radius 2 is 2.22 bits per heavy atom. The first-order chi connectivity index (χ1) is 11.1. The van der Waals surface area contributed by atoms with Crippen molar-refractivity contribution in [2.45, 2.75) is 39.8 Å². The van der Waals surface area contributed by atoms with Crippen molar-refractivity contribution in [2.24, 2.45) is 0 Å². The van der Waals surface area contributed by atoms with Gasteiger partial charge in [0.2, 0.25) is 0 Å². The van der Waals surface area contributed by atoms with Gasteiger partial charge in [-0.3, -0.25) is 0 Å². The van der Waals surface area contributed by atoms with E-state index in [0.717, 1.165) is 28.2 Å². The molecule has 7 heteroatoms. The van der Waals surface area contributed by atoms with Gasteiger partial charge in [-0.15, -0.1) is 11.3 Å². The first kappa shape index (κ1) is 15.6. The summed E-state index contributed by atoms with van der Waals surface area (Å²) in [6.07, 6.45) is 4.13. The van der Waals surface area contributed by atoms with Gasteiger partial charge in [0, 0.05) is 23.0 Å². The van der Waals surface area contributed by atoms with Gasteiger partial charge in [-0.2, -0.15) is 5.10 Å². The Kier molecular flexibility index (Phi) is 4.38. The number of esters is 1. The topological polar surface area (TPSA) is 69.9 Å². The zero-order chi connectivity index (χ0) is 16.4. The molecule has 3 aromatic rings. The third-order valence-electron chi connectivity index (χ3n) is 3.41. The van der Waals surface area contributed by atoms with Crippen LogP contribution in [0.5, 0.6) is 0 Å². The minimum Gasteiger partial charge on any atom is -0.456 e. The summed E-state index contributed by atoms with van der Waals surface area (Å²) in [7, 11) is 0. The number of pyridine rings is 1. The molecule has 23 heavy (non-hydrogen) atoms. The largest absolute Gasteiger partial charge is 0.456 e. The van der Waals surface area contributed by atoms with Gasteiger partial charge in [-0.25, -0.2) is 19.4 Å². The Bertz CT molecular complexity index is 838. The van der Waals surface area contributed by atoms with Crippen molar-refractivity contribution in [3.05, 3.63) is 40.1 Å². The van der Waals surface area contributed by atoms with Crippen molar-refractivity contribution in [1.29, 1.82) is 0 Å². The molecule has 3 aromatic heterocycles. The molecule has 0 aromatic carbocycles. The van der Waals surface area contributed by atoms with Crippen molar-refractivity contribution < 1.29 is 9.53 Å². The van der Waals surface area contributed by atoms with Gasteiger partial charge in [0.15, 0.2) is 5.65 Å². The number of nitrogens with zero attached hydrogens (tertiary/aromatic N) is 4. The minimum absolute atomic E-state index is 0.179. The van der Waals surface area contributed by atoms with E-state index in [4.69, 9.17) is 4.74 Å². The molecule has 0 aliphatic rings. The number of aryl methyl sites for hydroxylation is 1. The molecule has 0 atom stereocenters. The van der Waals surface area contributed by atoms with Crippen LogP contribution in [-0.2, 0) is 17.8 Å². The Morgan fingerprint density at radius 3 is 2.91 bits per heavy atom. The van der Waals surface area contributed by atoms with E-state index in [1.807, 2.05) is 30.8 Å². The van der Waals surface area contributed by atoms with Crippen LogP contribution >= 0.6 is 11.3 Å². The number of aromatic nitrogens is 4. The molecule has 0 aliphatic carbocycles. The van der Waals surface area contributed by atoms with E-state index in [1.54, 1.807) is 23.6 Å². The smallest absolute Gasteiger partial charge is 0.340 e. The van der Waals surface area contributed by atoms with Crippen LogP contribution in [0.15, 0.2) is 23.8 Å². The van der Waals surface area contributed by atoms with Crippen molar-refractivity contribution >= 4 is 28.3 Å². The van der Waals surface area contributed by atoms with Crippen molar-refractivity contribution in [1.82, 2.24) is 19.7 Å². The lowest BCUT2D eigenvalue weighted by Gasteiger charge is -2.06. The van der Waals surface area contributed by atoms with E-state index in [0.29, 0.717) is 5.56 Å². The Hall–Kier alpha value is -2.28. The summed E-state index contributed by atoms with van der Waals surface area (Å²) in [4.78, 5) is 20.9. The molecule has 0 N–H and O–H groups in total. The third kappa shape index (κ3) is 3.24. The molecule has 6 nitrogen and oxygen atoms in total. The van der Waals surface area contributed by atoms with Crippen LogP contribution in [0.25, 0.3) is 11.0 Å². The van der Waals surface area contributed by atoms with Gasteiger partial charge >= 0.3 is 5.97 Å². The highest BCUT2D eigenvalue weighted by Gasteiger charge is 2.13. The van der Waals surface area contributed by atoms with Crippen LogP contribution < -0.4 is 0 Å².